The summed E-state index contributed by atoms with van der Waals surface area (Å²) in [6.45, 7) is 5.36. The van der Waals surface area contributed by atoms with Gasteiger partial charge in [0.15, 0.2) is 0 Å². The molecule has 23 heavy (non-hydrogen) atoms. The average molecular weight is 318 g/mol. The van der Waals surface area contributed by atoms with Gasteiger partial charge in [0.1, 0.15) is 0 Å². The van der Waals surface area contributed by atoms with E-state index in [2.05, 4.69) is 22.1 Å². The third kappa shape index (κ3) is 3.39. The lowest BCUT2D eigenvalue weighted by Gasteiger charge is -2.51. The van der Waals surface area contributed by atoms with Crippen LogP contribution >= 0.6 is 0 Å². The number of carbonyl (C=O) groups excluding carboxylic acids is 1. The lowest BCUT2D eigenvalue weighted by molar-refractivity contribution is -0.000142. The standard InChI is InChI=1S/C17H26N4O2/c1-17(4-5-18-2)8-14(9-17)21-6-3-12-7-13(16(22)20-23)10-19-15(12)11-21/h7,10,14,18,23H,3-6,8-9,11H2,1-2H3,(H,20,22)/t14-,17+. The predicted octanol–water partition coefficient (Wildman–Crippen LogP) is 1.34. The van der Waals surface area contributed by atoms with E-state index >= 15 is 0 Å². The predicted molar refractivity (Wildman–Crippen MR) is 87.3 cm³/mol. The molecule has 1 fully saturated rings. The molecule has 0 spiro atoms. The molecule has 6 nitrogen and oxygen atoms in total. The Labute approximate surface area is 137 Å². The minimum atomic E-state index is -0.498. The first-order valence-corrected chi connectivity index (χ1v) is 8.35. The molecular weight excluding hydrogens is 292 g/mol. The molecule has 1 aliphatic carbocycles. The lowest BCUT2D eigenvalue weighted by Crippen LogP contribution is -2.51. The van der Waals surface area contributed by atoms with Crippen molar-refractivity contribution in [1.82, 2.24) is 20.7 Å². The fourth-order valence-corrected chi connectivity index (χ4v) is 3.90. The maximum absolute atomic E-state index is 11.5. The molecule has 1 saturated carbocycles. The second kappa shape index (κ2) is 6.55. The highest BCUT2D eigenvalue weighted by Gasteiger charge is 2.43. The first-order chi connectivity index (χ1) is 11.0. The third-order valence-corrected chi connectivity index (χ3v) is 5.40. The molecule has 0 bridgehead atoms. The molecule has 3 N–H and O–H groups in total. The molecule has 6 heteroatoms. The summed E-state index contributed by atoms with van der Waals surface area (Å²) in [5.41, 5.74) is 4.75. The summed E-state index contributed by atoms with van der Waals surface area (Å²) < 4.78 is 0. The molecule has 0 radical (unpaired) electrons. The smallest absolute Gasteiger partial charge is 0.276 e. The van der Waals surface area contributed by atoms with Gasteiger partial charge in [0.05, 0.1) is 11.3 Å². The number of nitrogens with one attached hydrogen (secondary N) is 2. The van der Waals surface area contributed by atoms with E-state index in [-0.39, 0.29) is 0 Å². The number of amides is 1. The first-order valence-electron chi connectivity index (χ1n) is 8.35. The van der Waals surface area contributed by atoms with E-state index in [0.29, 0.717) is 17.0 Å². The summed E-state index contributed by atoms with van der Waals surface area (Å²) in [4.78, 5) is 18.4. The zero-order chi connectivity index (χ0) is 16.4. The average Bonchev–Trinajstić information content (AvgIpc) is 2.55. The minimum Gasteiger partial charge on any atom is -0.320 e. The number of aromatic nitrogens is 1. The number of carbonyl (C=O) groups is 1. The van der Waals surface area contributed by atoms with Gasteiger partial charge in [-0.05, 0) is 56.3 Å². The van der Waals surface area contributed by atoms with E-state index in [0.717, 1.165) is 37.3 Å². The Bertz CT molecular complexity index is 584. The van der Waals surface area contributed by atoms with Crippen molar-refractivity contribution in [3.8, 4) is 0 Å². The second-order valence-corrected chi connectivity index (χ2v) is 7.22. The number of pyridine rings is 1. The van der Waals surface area contributed by atoms with Crippen LogP contribution in [0, 0.1) is 5.41 Å². The van der Waals surface area contributed by atoms with Crippen molar-refractivity contribution in [3.05, 3.63) is 29.1 Å². The Balaban J connectivity index is 1.60. The van der Waals surface area contributed by atoms with Crippen molar-refractivity contribution < 1.29 is 10.0 Å². The summed E-state index contributed by atoms with van der Waals surface area (Å²) in [5, 5.41) is 12.0. The normalized spacial score (nSPS) is 27.2. The summed E-state index contributed by atoms with van der Waals surface area (Å²) in [6.07, 6.45) is 6.22. The minimum absolute atomic E-state index is 0.419. The van der Waals surface area contributed by atoms with Crippen molar-refractivity contribution in [3.63, 3.8) is 0 Å². The molecule has 0 atom stereocenters. The molecule has 1 aliphatic heterocycles. The van der Waals surface area contributed by atoms with Crippen molar-refractivity contribution in [1.29, 1.82) is 0 Å². The van der Waals surface area contributed by atoms with E-state index < -0.39 is 5.91 Å². The SMILES string of the molecule is CNCC[C@]1(C)C[C@H](N2CCc3cc(C(=O)NO)cnc3C2)C1. The molecular formula is C17H26N4O2. The van der Waals surface area contributed by atoms with Gasteiger partial charge in [0.2, 0.25) is 0 Å². The van der Waals surface area contributed by atoms with E-state index in [1.807, 2.05) is 13.1 Å². The van der Waals surface area contributed by atoms with Gasteiger partial charge in [0.25, 0.3) is 5.91 Å². The lowest BCUT2D eigenvalue weighted by atomic mass is 9.64. The van der Waals surface area contributed by atoms with Crippen molar-refractivity contribution >= 4 is 5.91 Å². The third-order valence-electron chi connectivity index (χ3n) is 5.40. The van der Waals surface area contributed by atoms with Gasteiger partial charge in [-0.3, -0.25) is 19.9 Å². The Morgan fingerprint density at radius 2 is 2.30 bits per heavy atom. The Hall–Kier alpha value is -1.50. The number of hydrogen-bond acceptors (Lipinski definition) is 5. The van der Waals surface area contributed by atoms with Gasteiger partial charge in [-0.25, -0.2) is 5.48 Å². The number of nitrogens with zero attached hydrogens (tertiary/aromatic N) is 2. The van der Waals surface area contributed by atoms with Crippen LogP contribution in [0.15, 0.2) is 12.3 Å². The molecule has 3 rings (SSSR count). The van der Waals surface area contributed by atoms with E-state index in [4.69, 9.17) is 5.21 Å². The number of fused-ring (bicyclic) bond motifs is 1. The van der Waals surface area contributed by atoms with Crippen LogP contribution in [-0.4, -0.2) is 47.2 Å². The largest absolute Gasteiger partial charge is 0.320 e. The summed E-state index contributed by atoms with van der Waals surface area (Å²) in [6, 6.07) is 2.51. The zero-order valence-electron chi connectivity index (χ0n) is 13.9. The maximum atomic E-state index is 11.5. The van der Waals surface area contributed by atoms with Crippen LogP contribution in [0.3, 0.4) is 0 Å². The molecule has 2 aliphatic rings. The monoisotopic (exact) mass is 318 g/mol. The highest BCUT2D eigenvalue weighted by molar-refractivity contribution is 5.93. The van der Waals surface area contributed by atoms with Gasteiger partial charge in [-0.2, -0.15) is 0 Å². The van der Waals surface area contributed by atoms with Crippen LogP contribution < -0.4 is 10.8 Å². The molecule has 0 saturated heterocycles. The van der Waals surface area contributed by atoms with Crippen LogP contribution in [0.4, 0.5) is 0 Å². The van der Waals surface area contributed by atoms with Crippen molar-refractivity contribution in [2.75, 3.05) is 20.1 Å². The van der Waals surface area contributed by atoms with E-state index in [9.17, 15) is 4.79 Å². The molecule has 1 amide bonds. The number of hydroxylamine groups is 1. The fraction of sp³-hybridized carbons (Fsp3) is 0.647. The highest BCUT2D eigenvalue weighted by Crippen LogP contribution is 2.46. The first kappa shape index (κ1) is 16.4. The fourth-order valence-electron chi connectivity index (χ4n) is 3.90. The quantitative estimate of drug-likeness (QED) is 0.564. The van der Waals surface area contributed by atoms with Gasteiger partial charge < -0.3 is 5.32 Å². The van der Waals surface area contributed by atoms with E-state index in [1.54, 1.807) is 11.7 Å². The van der Waals surface area contributed by atoms with Crippen molar-refractivity contribution in [2.45, 2.75) is 45.2 Å². The Kier molecular flexibility index (Phi) is 4.66. The Morgan fingerprint density at radius 3 is 3.00 bits per heavy atom. The van der Waals surface area contributed by atoms with Gasteiger partial charge in [0, 0.05) is 25.3 Å². The highest BCUT2D eigenvalue weighted by atomic mass is 16.5. The van der Waals surface area contributed by atoms with Gasteiger partial charge >= 0.3 is 0 Å². The Morgan fingerprint density at radius 1 is 1.52 bits per heavy atom. The molecule has 0 aromatic carbocycles. The van der Waals surface area contributed by atoms with Gasteiger partial charge in [-0.1, -0.05) is 6.92 Å². The second-order valence-electron chi connectivity index (χ2n) is 7.22. The van der Waals surface area contributed by atoms with Crippen LogP contribution in [0.2, 0.25) is 0 Å². The maximum Gasteiger partial charge on any atom is 0.276 e. The molecule has 1 aromatic rings. The van der Waals surface area contributed by atoms with Gasteiger partial charge in [-0.15, -0.1) is 0 Å². The van der Waals surface area contributed by atoms with Crippen LogP contribution in [0.5, 0.6) is 0 Å². The number of hydrogen-bond donors (Lipinski definition) is 3. The zero-order valence-corrected chi connectivity index (χ0v) is 13.9. The molecule has 0 unspecified atom stereocenters. The molecule has 126 valence electrons. The van der Waals surface area contributed by atoms with Crippen LogP contribution in [-0.2, 0) is 13.0 Å². The van der Waals surface area contributed by atoms with Crippen molar-refractivity contribution in [2.24, 2.45) is 5.41 Å². The summed E-state index contributed by atoms with van der Waals surface area (Å²) >= 11 is 0. The number of rotatable bonds is 5. The topological polar surface area (TPSA) is 77.5 Å². The van der Waals surface area contributed by atoms with E-state index in [1.165, 1.54) is 19.3 Å². The van der Waals surface area contributed by atoms with Crippen LogP contribution in [0.25, 0.3) is 0 Å². The van der Waals surface area contributed by atoms with Crippen LogP contribution in [0.1, 0.15) is 47.8 Å². The summed E-state index contributed by atoms with van der Waals surface area (Å²) in [7, 11) is 2.01. The molecule has 1 aromatic heterocycles. The molecule has 2 heterocycles. The summed E-state index contributed by atoms with van der Waals surface area (Å²) in [5.74, 6) is -0.498.